The molecular formula is C12H36FeP4. The molecule has 0 saturated carbocycles. The van der Waals surface area contributed by atoms with Crippen molar-refractivity contribution in [3.63, 3.8) is 0 Å². The fourth-order valence-electron chi connectivity index (χ4n) is 0. The minimum Gasteiger partial charge on any atom is -0.116 e. The van der Waals surface area contributed by atoms with Crippen LogP contribution >= 0.6 is 31.7 Å². The molecule has 0 fully saturated rings. The summed E-state index contributed by atoms with van der Waals surface area (Å²) in [6, 6.07) is 0. The first-order chi connectivity index (χ1) is 6.93. The summed E-state index contributed by atoms with van der Waals surface area (Å²) in [4.78, 5) is 0. The molecule has 0 heterocycles. The van der Waals surface area contributed by atoms with Crippen molar-refractivity contribution in [3.8, 4) is 0 Å². The molecule has 0 aliphatic carbocycles. The maximum atomic E-state index is 2.23. The molecule has 0 bridgehead atoms. The molecule has 0 amide bonds. The predicted molar refractivity (Wildman–Crippen MR) is 98.8 cm³/mol. The smallest absolute Gasteiger partial charge is 0 e. The van der Waals surface area contributed by atoms with E-state index in [1.54, 1.807) is 0 Å². The van der Waals surface area contributed by atoms with Crippen molar-refractivity contribution in [1.82, 2.24) is 0 Å². The predicted octanol–water partition coefficient (Wildman–Crippen LogP) is 5.43. The minimum absolute atomic E-state index is 0. The summed E-state index contributed by atoms with van der Waals surface area (Å²) in [6.45, 7) is 26.8. The topological polar surface area (TPSA) is 0 Å². The van der Waals surface area contributed by atoms with Crippen LogP contribution in [0.2, 0.25) is 0 Å². The largest absolute Gasteiger partial charge is 0.116 e. The maximum Gasteiger partial charge on any atom is 0 e. The molecule has 0 aromatic carbocycles. The molecule has 0 aliphatic rings. The van der Waals surface area contributed by atoms with Gasteiger partial charge in [-0.3, -0.25) is 0 Å². The van der Waals surface area contributed by atoms with Crippen LogP contribution in [0.5, 0.6) is 0 Å². The van der Waals surface area contributed by atoms with Gasteiger partial charge in [-0.15, -0.1) is 31.7 Å². The Balaban J connectivity index is -0.0000000369. The summed E-state index contributed by atoms with van der Waals surface area (Å²) in [6.07, 6.45) is 0. The first-order valence-electron chi connectivity index (χ1n) is 5.37. The summed E-state index contributed by atoms with van der Waals surface area (Å²) in [7, 11) is 1.52. The zero-order valence-corrected chi connectivity index (χ0v) is 18.8. The van der Waals surface area contributed by atoms with Crippen LogP contribution in [0.25, 0.3) is 0 Å². The molecular weight excluding hydrogens is 324 g/mol. The van der Waals surface area contributed by atoms with E-state index in [2.05, 4.69) is 80.0 Å². The average molecular weight is 360 g/mol. The summed E-state index contributed by atoms with van der Waals surface area (Å²) in [5, 5.41) is 0. The van der Waals surface area contributed by atoms with Crippen molar-refractivity contribution in [2.45, 2.75) is 0 Å². The van der Waals surface area contributed by atoms with Crippen LogP contribution in [-0.4, -0.2) is 80.0 Å². The van der Waals surface area contributed by atoms with E-state index in [0.717, 1.165) is 0 Å². The zero-order chi connectivity index (χ0) is 14.3. The van der Waals surface area contributed by atoms with Gasteiger partial charge in [-0.2, -0.15) is 0 Å². The van der Waals surface area contributed by atoms with Crippen molar-refractivity contribution < 1.29 is 17.1 Å². The Labute approximate surface area is 128 Å². The van der Waals surface area contributed by atoms with E-state index in [-0.39, 0.29) is 17.1 Å². The third kappa shape index (κ3) is 959. The van der Waals surface area contributed by atoms with E-state index in [1.165, 1.54) is 0 Å². The molecule has 0 aliphatic heterocycles. The standard InChI is InChI=1S/4C3H9P.Fe/c4*1-4(2)3;/h4*1-3H3;. The Morgan fingerprint density at radius 2 is 0.294 bits per heavy atom. The fraction of sp³-hybridized carbons (Fsp3) is 1.00. The molecule has 112 valence electrons. The third-order valence-corrected chi connectivity index (χ3v) is 0. The third-order valence-electron chi connectivity index (χ3n) is 0. The minimum atomic E-state index is 0. The SMILES string of the molecule is CP(C)C.CP(C)C.CP(C)C.CP(C)C.[Fe]. The van der Waals surface area contributed by atoms with Gasteiger partial charge in [0.25, 0.3) is 0 Å². The zero-order valence-electron chi connectivity index (χ0n) is 14.1. The van der Waals surface area contributed by atoms with Crippen LogP contribution in [0.3, 0.4) is 0 Å². The molecule has 0 N–H and O–H groups in total. The summed E-state index contributed by atoms with van der Waals surface area (Å²) < 4.78 is 0. The summed E-state index contributed by atoms with van der Waals surface area (Å²) in [5.41, 5.74) is 0. The molecule has 0 saturated heterocycles. The van der Waals surface area contributed by atoms with E-state index in [1.807, 2.05) is 0 Å². The fourth-order valence-corrected chi connectivity index (χ4v) is 0. The van der Waals surface area contributed by atoms with Gasteiger partial charge in [-0.1, -0.05) is 0 Å². The number of hydrogen-bond acceptors (Lipinski definition) is 0. The van der Waals surface area contributed by atoms with Gasteiger partial charge >= 0.3 is 0 Å². The van der Waals surface area contributed by atoms with Crippen molar-refractivity contribution >= 4 is 31.7 Å². The number of hydrogen-bond donors (Lipinski definition) is 0. The average Bonchev–Trinajstić information content (AvgIpc) is 1.76. The second kappa shape index (κ2) is 26.7. The molecule has 17 heavy (non-hydrogen) atoms. The van der Waals surface area contributed by atoms with Crippen LogP contribution < -0.4 is 0 Å². The molecule has 0 radical (unpaired) electrons. The first kappa shape index (κ1) is 31.6. The van der Waals surface area contributed by atoms with E-state index < -0.39 is 0 Å². The van der Waals surface area contributed by atoms with Gasteiger partial charge in [0.05, 0.1) is 0 Å². The Morgan fingerprint density at radius 3 is 0.294 bits per heavy atom. The van der Waals surface area contributed by atoms with E-state index in [9.17, 15) is 0 Å². The quantitative estimate of drug-likeness (QED) is 0.399. The van der Waals surface area contributed by atoms with E-state index >= 15 is 0 Å². The van der Waals surface area contributed by atoms with Gasteiger partial charge in [0.1, 0.15) is 0 Å². The molecule has 0 spiro atoms. The second-order valence-electron chi connectivity index (χ2n) is 5.37. The molecule has 0 aromatic rings. The molecule has 0 nitrogen and oxygen atoms in total. The van der Waals surface area contributed by atoms with Crippen LogP contribution in [0.4, 0.5) is 0 Å². The second-order valence-corrected chi connectivity index (χ2v) is 16.1. The van der Waals surface area contributed by atoms with Gasteiger partial charge < -0.3 is 0 Å². The maximum absolute atomic E-state index is 2.23. The Kier molecular flexibility index (Phi) is 49.6. The van der Waals surface area contributed by atoms with Crippen LogP contribution in [0.15, 0.2) is 0 Å². The van der Waals surface area contributed by atoms with Gasteiger partial charge in [0.2, 0.25) is 0 Å². The summed E-state index contributed by atoms with van der Waals surface area (Å²) >= 11 is 0. The molecule has 5 heteroatoms. The molecule has 0 aromatic heterocycles. The molecule has 0 atom stereocenters. The molecule has 0 unspecified atom stereocenters. The van der Waals surface area contributed by atoms with Gasteiger partial charge in [-0.25, -0.2) is 0 Å². The van der Waals surface area contributed by atoms with Crippen molar-refractivity contribution in [2.75, 3.05) is 80.0 Å². The Hall–Kier alpha value is 2.24. The van der Waals surface area contributed by atoms with Crippen LogP contribution in [0.1, 0.15) is 0 Å². The van der Waals surface area contributed by atoms with Gasteiger partial charge in [0, 0.05) is 17.1 Å². The van der Waals surface area contributed by atoms with Crippen molar-refractivity contribution in [1.29, 1.82) is 0 Å². The Bertz CT molecular complexity index is 61.5. The van der Waals surface area contributed by atoms with Gasteiger partial charge in [0.15, 0.2) is 0 Å². The van der Waals surface area contributed by atoms with Crippen LogP contribution in [-0.2, 0) is 17.1 Å². The van der Waals surface area contributed by atoms with E-state index in [0.29, 0.717) is 31.7 Å². The van der Waals surface area contributed by atoms with Crippen LogP contribution in [0, 0.1) is 0 Å². The van der Waals surface area contributed by atoms with E-state index in [4.69, 9.17) is 0 Å². The Morgan fingerprint density at radius 1 is 0.294 bits per heavy atom. The molecule has 0 rings (SSSR count). The monoisotopic (exact) mass is 360 g/mol. The normalized spacial score (nSPS) is 8.47. The van der Waals surface area contributed by atoms with Crippen molar-refractivity contribution in [2.24, 2.45) is 0 Å². The summed E-state index contributed by atoms with van der Waals surface area (Å²) in [5.74, 6) is 0. The first-order valence-corrected chi connectivity index (χ1v) is 16.1. The van der Waals surface area contributed by atoms with Crippen molar-refractivity contribution in [3.05, 3.63) is 0 Å². The number of rotatable bonds is 0. The van der Waals surface area contributed by atoms with Gasteiger partial charge in [-0.05, 0) is 80.0 Å².